The third-order valence-corrected chi connectivity index (χ3v) is 4.69. The lowest BCUT2D eigenvalue weighted by molar-refractivity contribution is -0.0485. The summed E-state index contributed by atoms with van der Waals surface area (Å²) in [6, 6.07) is 16.8. The molecule has 7 heteroatoms. The molecule has 0 spiro atoms. The molecule has 1 amide bonds. The van der Waals surface area contributed by atoms with Crippen LogP contribution >= 0.6 is 0 Å². The third-order valence-electron chi connectivity index (χ3n) is 4.69. The van der Waals surface area contributed by atoms with E-state index in [2.05, 4.69) is 5.32 Å². The van der Waals surface area contributed by atoms with Gasteiger partial charge in [-0.05, 0) is 36.1 Å². The molecule has 158 valence electrons. The first-order valence-corrected chi connectivity index (χ1v) is 9.69. The molecule has 0 heterocycles. The molecule has 30 heavy (non-hydrogen) atoms. The molecular formula is C23H24FNO5. The minimum atomic E-state index is -0.984. The van der Waals surface area contributed by atoms with E-state index in [-0.39, 0.29) is 13.0 Å². The fourth-order valence-electron chi connectivity index (χ4n) is 3.31. The summed E-state index contributed by atoms with van der Waals surface area (Å²) in [4.78, 5) is 12.7. The molecule has 3 aromatic rings. The number of phenols is 1. The van der Waals surface area contributed by atoms with Crippen molar-refractivity contribution in [2.24, 2.45) is 0 Å². The zero-order valence-electron chi connectivity index (χ0n) is 16.5. The summed E-state index contributed by atoms with van der Waals surface area (Å²) in [6.07, 6.45) is -2.24. The van der Waals surface area contributed by atoms with Crippen molar-refractivity contribution in [1.29, 1.82) is 0 Å². The number of phenolic OH excluding ortho intramolecular Hbond substituents is 1. The molecule has 6 nitrogen and oxygen atoms in total. The van der Waals surface area contributed by atoms with Gasteiger partial charge in [0.1, 0.15) is 6.10 Å². The Kier molecular flexibility index (Phi) is 7.21. The van der Waals surface area contributed by atoms with Gasteiger partial charge in [-0.3, -0.25) is 5.32 Å². The van der Waals surface area contributed by atoms with Gasteiger partial charge in [0.05, 0.1) is 5.69 Å². The second kappa shape index (κ2) is 10.0. The number of nitrogens with one attached hydrogen (secondary N) is 1. The van der Waals surface area contributed by atoms with Crippen LogP contribution in [0.2, 0.25) is 0 Å². The smallest absolute Gasteiger partial charge is 0.412 e. The number of ether oxygens (including phenoxy) is 2. The molecule has 3 rings (SSSR count). The van der Waals surface area contributed by atoms with Crippen LogP contribution in [0.1, 0.15) is 25.0 Å². The van der Waals surface area contributed by atoms with Crippen molar-refractivity contribution in [3.8, 4) is 5.75 Å². The van der Waals surface area contributed by atoms with Crippen molar-refractivity contribution in [1.82, 2.24) is 0 Å². The number of rotatable bonds is 8. The molecule has 0 unspecified atom stereocenters. The van der Waals surface area contributed by atoms with Gasteiger partial charge in [-0.2, -0.15) is 0 Å². The van der Waals surface area contributed by atoms with Gasteiger partial charge in [-0.1, -0.05) is 42.5 Å². The van der Waals surface area contributed by atoms with Crippen LogP contribution in [-0.4, -0.2) is 35.6 Å². The standard InChI is InChI=1S/C23H24FNO5/c1-2-29-21(12-13-26)22(16-10-11-20(27)18(24)14-16)30-23(28)25-19-9-5-7-15-6-3-4-8-17(15)19/h3-11,14,21-22,26-27H,2,12-13H2,1H3,(H,25,28)/t21-,22-/m1/s1. The van der Waals surface area contributed by atoms with Gasteiger partial charge >= 0.3 is 6.09 Å². The summed E-state index contributed by atoms with van der Waals surface area (Å²) in [5.41, 5.74) is 0.883. The minimum absolute atomic E-state index is 0.183. The first kappa shape index (κ1) is 21.5. The van der Waals surface area contributed by atoms with Crippen LogP contribution in [0.4, 0.5) is 14.9 Å². The lowest BCUT2D eigenvalue weighted by atomic mass is 10.0. The number of fused-ring (bicyclic) bond motifs is 1. The average Bonchev–Trinajstić information content (AvgIpc) is 2.74. The number of benzene rings is 3. The Bertz CT molecular complexity index is 999. The van der Waals surface area contributed by atoms with Crippen molar-refractivity contribution in [3.63, 3.8) is 0 Å². The van der Waals surface area contributed by atoms with E-state index in [9.17, 15) is 19.4 Å². The molecule has 3 aromatic carbocycles. The SMILES string of the molecule is CCO[C@H](CCO)[C@H](OC(=O)Nc1cccc2ccccc12)c1ccc(O)c(F)c1. The highest BCUT2D eigenvalue weighted by molar-refractivity contribution is 6.00. The summed E-state index contributed by atoms with van der Waals surface area (Å²) < 4.78 is 25.2. The molecule has 0 aromatic heterocycles. The van der Waals surface area contributed by atoms with Gasteiger partial charge < -0.3 is 19.7 Å². The van der Waals surface area contributed by atoms with Gasteiger partial charge in [0.2, 0.25) is 0 Å². The fourth-order valence-corrected chi connectivity index (χ4v) is 3.31. The highest BCUT2D eigenvalue weighted by Crippen LogP contribution is 2.30. The van der Waals surface area contributed by atoms with Crippen LogP contribution in [0.5, 0.6) is 5.75 Å². The second-order valence-corrected chi connectivity index (χ2v) is 6.69. The summed E-state index contributed by atoms with van der Waals surface area (Å²) in [7, 11) is 0. The summed E-state index contributed by atoms with van der Waals surface area (Å²) in [5.74, 6) is -1.34. The zero-order valence-corrected chi connectivity index (χ0v) is 16.5. The van der Waals surface area contributed by atoms with E-state index in [0.717, 1.165) is 16.8 Å². The molecule has 0 radical (unpaired) electrons. The number of carbonyl (C=O) groups excluding carboxylic acids is 1. The molecule has 0 bridgehead atoms. The van der Waals surface area contributed by atoms with Gasteiger partial charge in [-0.15, -0.1) is 0 Å². The number of hydrogen-bond acceptors (Lipinski definition) is 5. The molecule has 2 atom stereocenters. The number of aliphatic hydroxyl groups is 1. The Morgan fingerprint density at radius 3 is 2.63 bits per heavy atom. The largest absolute Gasteiger partial charge is 0.505 e. The average molecular weight is 413 g/mol. The maximum Gasteiger partial charge on any atom is 0.412 e. The van der Waals surface area contributed by atoms with E-state index in [1.807, 2.05) is 36.4 Å². The first-order chi connectivity index (χ1) is 14.5. The maximum absolute atomic E-state index is 13.9. The second-order valence-electron chi connectivity index (χ2n) is 6.69. The predicted octanol–water partition coefficient (Wildman–Crippen LogP) is 4.76. The zero-order chi connectivity index (χ0) is 21.5. The summed E-state index contributed by atoms with van der Waals surface area (Å²) in [5, 5.41) is 23.4. The molecule has 0 aliphatic heterocycles. The number of halogens is 1. The van der Waals surface area contributed by atoms with Crippen molar-refractivity contribution in [2.45, 2.75) is 25.6 Å². The van der Waals surface area contributed by atoms with Crippen LogP contribution < -0.4 is 5.32 Å². The first-order valence-electron chi connectivity index (χ1n) is 9.69. The number of carbonyl (C=O) groups is 1. The van der Waals surface area contributed by atoms with E-state index in [4.69, 9.17) is 9.47 Å². The van der Waals surface area contributed by atoms with E-state index in [1.165, 1.54) is 12.1 Å². The Labute approximate surface area is 173 Å². The van der Waals surface area contributed by atoms with Gasteiger partial charge in [-0.25, -0.2) is 9.18 Å². The van der Waals surface area contributed by atoms with Gasteiger partial charge in [0, 0.05) is 25.0 Å². The lowest BCUT2D eigenvalue weighted by Gasteiger charge is -2.27. The Morgan fingerprint density at radius 1 is 1.13 bits per heavy atom. The van der Waals surface area contributed by atoms with E-state index >= 15 is 0 Å². The minimum Gasteiger partial charge on any atom is -0.505 e. The number of hydrogen-bond donors (Lipinski definition) is 3. The van der Waals surface area contributed by atoms with Crippen molar-refractivity contribution in [3.05, 3.63) is 72.0 Å². The van der Waals surface area contributed by atoms with Crippen LogP contribution in [0, 0.1) is 5.82 Å². The molecule has 0 saturated heterocycles. The molecule has 3 N–H and O–H groups in total. The number of anilines is 1. The number of amides is 1. The van der Waals surface area contributed by atoms with Gasteiger partial charge in [0.15, 0.2) is 17.7 Å². The fraction of sp³-hybridized carbons (Fsp3) is 0.261. The van der Waals surface area contributed by atoms with Gasteiger partial charge in [0.25, 0.3) is 0 Å². The number of aliphatic hydroxyl groups excluding tert-OH is 1. The van der Waals surface area contributed by atoms with E-state index in [0.29, 0.717) is 17.9 Å². The topological polar surface area (TPSA) is 88.0 Å². The Morgan fingerprint density at radius 2 is 1.90 bits per heavy atom. The maximum atomic E-state index is 13.9. The predicted molar refractivity (Wildman–Crippen MR) is 112 cm³/mol. The van der Waals surface area contributed by atoms with E-state index in [1.54, 1.807) is 13.0 Å². The van der Waals surface area contributed by atoms with Crippen LogP contribution in [-0.2, 0) is 9.47 Å². The third kappa shape index (κ3) is 5.06. The van der Waals surface area contributed by atoms with E-state index < -0.39 is 29.9 Å². The molecule has 0 aliphatic carbocycles. The molecule has 0 fully saturated rings. The Hall–Kier alpha value is -3.16. The van der Waals surface area contributed by atoms with Crippen molar-refractivity contribution < 1.29 is 28.9 Å². The highest BCUT2D eigenvalue weighted by atomic mass is 19.1. The monoisotopic (exact) mass is 413 g/mol. The van der Waals surface area contributed by atoms with Crippen LogP contribution in [0.25, 0.3) is 10.8 Å². The normalized spacial score (nSPS) is 13.0. The van der Waals surface area contributed by atoms with Crippen molar-refractivity contribution in [2.75, 3.05) is 18.5 Å². The van der Waals surface area contributed by atoms with Crippen LogP contribution in [0.15, 0.2) is 60.7 Å². The summed E-state index contributed by atoms with van der Waals surface area (Å²) in [6.45, 7) is 1.89. The molecule has 0 aliphatic rings. The summed E-state index contributed by atoms with van der Waals surface area (Å²) >= 11 is 0. The van der Waals surface area contributed by atoms with Crippen LogP contribution in [0.3, 0.4) is 0 Å². The lowest BCUT2D eigenvalue weighted by Crippen LogP contribution is -2.29. The highest BCUT2D eigenvalue weighted by Gasteiger charge is 2.28. The molecule has 0 saturated carbocycles. The quantitative estimate of drug-likeness (QED) is 0.495. The molecular weight excluding hydrogens is 389 g/mol. The van der Waals surface area contributed by atoms with Crippen molar-refractivity contribution >= 4 is 22.6 Å². The Balaban J connectivity index is 1.87. The number of aromatic hydroxyl groups is 1.